The first-order chi connectivity index (χ1) is 21.8. The number of hydrogen-bond donors (Lipinski definition) is 6. The molecule has 0 aromatic carbocycles. The van der Waals surface area contributed by atoms with E-state index in [0.29, 0.717) is 6.42 Å². The number of aliphatic hydroxyl groups is 1. The third-order valence-electron chi connectivity index (χ3n) is 8.20. The summed E-state index contributed by atoms with van der Waals surface area (Å²) in [5.41, 5.74) is 10.2. The van der Waals surface area contributed by atoms with Crippen LogP contribution in [0, 0.1) is 5.92 Å². The second-order valence-electron chi connectivity index (χ2n) is 11.0. The van der Waals surface area contributed by atoms with Crippen LogP contribution in [-0.4, -0.2) is 92.8 Å². The zero-order valence-corrected chi connectivity index (χ0v) is 26.3. The Morgan fingerprint density at radius 1 is 1.04 bits per heavy atom. The van der Waals surface area contributed by atoms with Gasteiger partial charge >= 0.3 is 14.6 Å². The molecule has 8 rings (SSSR count). The highest BCUT2D eigenvalue weighted by atomic mass is 35.5. The fourth-order valence-corrected chi connectivity index (χ4v) is 8.77. The second kappa shape index (κ2) is 10.4. The molecule has 1 aliphatic carbocycles. The van der Waals surface area contributed by atoms with Crippen molar-refractivity contribution in [1.82, 2.24) is 39.0 Å². The van der Waals surface area contributed by atoms with E-state index in [1.165, 1.54) is 17.2 Å². The maximum atomic E-state index is 13.6. The van der Waals surface area contributed by atoms with Crippen molar-refractivity contribution in [2.24, 2.45) is 5.92 Å². The minimum absolute atomic E-state index is 0.0380. The second-order valence-corrected chi connectivity index (χ2v) is 15.6. The molecular weight excluding hydrogens is 698 g/mol. The van der Waals surface area contributed by atoms with Crippen LogP contribution in [0.3, 0.4) is 0 Å². The van der Waals surface area contributed by atoms with E-state index in [-0.39, 0.29) is 39.4 Å². The molecule has 246 valence electrons. The van der Waals surface area contributed by atoms with Gasteiger partial charge in [-0.05, 0) is 11.6 Å². The van der Waals surface area contributed by atoms with Crippen molar-refractivity contribution in [1.29, 1.82) is 0 Å². The normalized spacial score (nSPS) is 39.4. The van der Waals surface area contributed by atoms with Crippen molar-refractivity contribution in [3.8, 4) is 0 Å². The molecule has 4 fully saturated rings. The molecule has 10 atom stereocenters. The molecule has 25 heteroatoms. The van der Waals surface area contributed by atoms with Crippen LogP contribution in [-0.2, 0) is 42.4 Å². The Balaban J connectivity index is 1.12. The fraction of sp³-hybridized carbons (Fsp3) is 0.524. The van der Waals surface area contributed by atoms with Gasteiger partial charge in [0.05, 0.1) is 25.9 Å². The van der Waals surface area contributed by atoms with E-state index in [9.17, 15) is 23.9 Å². The Bertz CT molecular complexity index is 2070. The van der Waals surface area contributed by atoms with Gasteiger partial charge in [0, 0.05) is 12.3 Å². The number of thiol groups is 1. The molecule has 2 bridgehead atoms. The van der Waals surface area contributed by atoms with Gasteiger partial charge in [0.2, 0.25) is 11.2 Å². The Labute approximate surface area is 265 Å². The number of aromatic amines is 1. The zero-order chi connectivity index (χ0) is 32.3. The van der Waals surface area contributed by atoms with Crippen LogP contribution in [0.5, 0.6) is 0 Å². The molecule has 3 saturated heterocycles. The number of nitrogens with zero attached hydrogens (tertiary/aromatic N) is 7. The average molecular weight is 721 g/mol. The number of aliphatic hydroxyl groups excluding tert-OH is 1. The first-order valence-corrected chi connectivity index (χ1v) is 18.0. The fourth-order valence-electron chi connectivity index (χ4n) is 6.15. The van der Waals surface area contributed by atoms with E-state index < -0.39 is 81.8 Å². The van der Waals surface area contributed by atoms with E-state index >= 15 is 0 Å². The molecule has 6 unspecified atom stereocenters. The smallest absolute Gasteiger partial charge is 0.387 e. The molecule has 4 aromatic heterocycles. The quantitative estimate of drug-likeness (QED) is 0.0906. The SMILES string of the molecule is Nc1nc2c(ncn2[C@@H]2O[C@@H]3COP(=O)(O)OC4C5CC5(n5cnc6c(N)nc(Cl)nc65)O[C@@H]4CO[P@@](=O)(S)OC2C3O)c(=O)[nH]1. The summed E-state index contributed by atoms with van der Waals surface area (Å²) in [6, 6.07) is 0. The predicted octanol–water partition coefficient (Wildman–Crippen LogP) is 0.0626. The lowest BCUT2D eigenvalue weighted by molar-refractivity contribution is -0.0878. The summed E-state index contributed by atoms with van der Waals surface area (Å²) in [6.45, 7) is -5.54. The Morgan fingerprint density at radius 3 is 2.61 bits per heavy atom. The molecule has 4 aromatic rings. The number of ether oxygens (including phenoxy) is 2. The van der Waals surface area contributed by atoms with Gasteiger partial charge in [0.15, 0.2) is 34.6 Å². The highest BCUT2D eigenvalue weighted by Gasteiger charge is 2.71. The maximum Gasteiger partial charge on any atom is 0.472 e. The molecule has 1 saturated carbocycles. The summed E-state index contributed by atoms with van der Waals surface area (Å²) in [6.07, 6.45) is -5.15. The van der Waals surface area contributed by atoms with Crippen LogP contribution in [0.2, 0.25) is 5.28 Å². The van der Waals surface area contributed by atoms with Gasteiger partial charge < -0.3 is 30.9 Å². The van der Waals surface area contributed by atoms with E-state index in [4.69, 9.17) is 50.6 Å². The van der Waals surface area contributed by atoms with Gasteiger partial charge in [-0.25, -0.2) is 19.1 Å². The highest BCUT2D eigenvalue weighted by Crippen LogP contribution is 2.65. The molecule has 7 N–H and O–H groups in total. The molecule has 21 nitrogen and oxygen atoms in total. The van der Waals surface area contributed by atoms with Crippen LogP contribution < -0.4 is 17.0 Å². The molecule has 46 heavy (non-hydrogen) atoms. The van der Waals surface area contributed by atoms with E-state index in [2.05, 4.69) is 42.2 Å². The van der Waals surface area contributed by atoms with Crippen LogP contribution in [0.25, 0.3) is 22.3 Å². The number of imidazole rings is 2. The standard InChI is InChI=1S/C21H23ClN10O11P2S/c22-19-27-14(23)9-16(28-19)32(5-26-9)21-1-6(21)12-8(41-21)3-39-45(37,46)43-13-11(33)7(2-38-44(35,36)42-12)40-18(13)31-4-25-10-15(31)29-20(24)30-17(10)34/h4-8,11-13,18,33H,1-3H2,(H,35,36)(H,37,46)(H2,23,27,28)(H3,24,29,30,34)/t6?,7-,8-,11?,12?,13?,18-,21?,45-/m1/s1. The number of anilines is 2. The third-order valence-corrected chi connectivity index (χ3v) is 11.0. The first kappa shape index (κ1) is 30.6. The number of nitrogens with two attached hydrogens (primary N) is 2. The van der Waals surface area contributed by atoms with Gasteiger partial charge in [-0.2, -0.15) is 15.0 Å². The first-order valence-electron chi connectivity index (χ1n) is 13.5. The Hall–Kier alpha value is -2.72. The van der Waals surface area contributed by atoms with Gasteiger partial charge in [-0.15, -0.1) is 0 Å². The van der Waals surface area contributed by atoms with E-state index in [1.807, 2.05) is 0 Å². The van der Waals surface area contributed by atoms with Crippen molar-refractivity contribution in [3.63, 3.8) is 0 Å². The number of phosphoric acid groups is 1. The van der Waals surface area contributed by atoms with Crippen LogP contribution >= 0.6 is 38.5 Å². The Kier molecular flexibility index (Phi) is 6.91. The molecule has 0 spiro atoms. The lowest BCUT2D eigenvalue weighted by Gasteiger charge is -2.27. The van der Waals surface area contributed by atoms with Crippen molar-refractivity contribution in [2.45, 2.75) is 48.9 Å². The van der Waals surface area contributed by atoms with Crippen molar-refractivity contribution >= 4 is 72.6 Å². The van der Waals surface area contributed by atoms with Gasteiger partial charge in [0.25, 0.3) is 5.56 Å². The number of phosphoric ester groups is 1. The number of fused-ring (bicyclic) bond motifs is 7. The molecule has 3 aliphatic heterocycles. The van der Waals surface area contributed by atoms with Gasteiger partial charge in [0.1, 0.15) is 36.0 Å². The predicted molar refractivity (Wildman–Crippen MR) is 156 cm³/mol. The highest BCUT2D eigenvalue weighted by molar-refractivity contribution is 8.44. The summed E-state index contributed by atoms with van der Waals surface area (Å²) in [4.78, 5) is 45.9. The molecule has 0 radical (unpaired) electrons. The summed E-state index contributed by atoms with van der Waals surface area (Å²) >= 11 is 10.1. The summed E-state index contributed by atoms with van der Waals surface area (Å²) in [5.74, 6) is -0.748. The minimum atomic E-state index is -4.87. The number of aromatic nitrogens is 8. The summed E-state index contributed by atoms with van der Waals surface area (Å²) < 4.78 is 64.0. The molecule has 0 amide bonds. The van der Waals surface area contributed by atoms with Crippen molar-refractivity contribution in [3.05, 3.63) is 28.3 Å². The summed E-state index contributed by atoms with van der Waals surface area (Å²) in [5, 5.41) is 11.0. The van der Waals surface area contributed by atoms with Gasteiger partial charge in [-0.3, -0.25) is 37.0 Å². The van der Waals surface area contributed by atoms with Crippen LogP contribution in [0.15, 0.2) is 17.4 Å². The average Bonchev–Trinajstić information content (AvgIpc) is 3.31. The number of H-pyrrole nitrogens is 1. The number of halogens is 1. The van der Waals surface area contributed by atoms with Crippen molar-refractivity contribution in [2.75, 3.05) is 24.7 Å². The molecular formula is C21H23ClN10O11P2S. The van der Waals surface area contributed by atoms with Crippen LogP contribution in [0.1, 0.15) is 12.6 Å². The maximum absolute atomic E-state index is 13.6. The number of nitrogen functional groups attached to an aromatic ring is 2. The topological polar surface area (TPSA) is 289 Å². The largest absolute Gasteiger partial charge is 0.472 e. The Morgan fingerprint density at radius 2 is 1.80 bits per heavy atom. The third kappa shape index (κ3) is 4.87. The van der Waals surface area contributed by atoms with E-state index in [0.717, 1.165) is 0 Å². The summed E-state index contributed by atoms with van der Waals surface area (Å²) in [7, 11) is -4.87. The number of nitrogens with one attached hydrogen (secondary N) is 1. The van der Waals surface area contributed by atoms with Crippen molar-refractivity contribution < 1.29 is 46.7 Å². The van der Waals surface area contributed by atoms with Gasteiger partial charge in [-0.1, -0.05) is 12.2 Å². The minimum Gasteiger partial charge on any atom is -0.387 e. The number of rotatable bonds is 2. The molecule has 7 heterocycles. The lowest BCUT2D eigenvalue weighted by atomic mass is 10.1. The number of hydrogen-bond acceptors (Lipinski definition) is 17. The lowest BCUT2D eigenvalue weighted by Crippen LogP contribution is -2.35. The van der Waals surface area contributed by atoms with Crippen LogP contribution in [0.4, 0.5) is 11.8 Å². The monoisotopic (exact) mass is 720 g/mol. The van der Waals surface area contributed by atoms with E-state index in [1.54, 1.807) is 4.57 Å². The molecule has 4 aliphatic rings. The zero-order valence-electron chi connectivity index (χ0n) is 22.9.